The Morgan fingerprint density at radius 3 is 2.89 bits per heavy atom. The van der Waals surface area contributed by atoms with Crippen LogP contribution in [0.2, 0.25) is 0 Å². The van der Waals surface area contributed by atoms with Crippen molar-refractivity contribution in [1.82, 2.24) is 14.5 Å². The minimum absolute atomic E-state index is 0.601. The third kappa shape index (κ3) is 1.60. The molecule has 0 bridgehead atoms. The number of aryl methyl sites for hydroxylation is 1. The van der Waals surface area contributed by atoms with Gasteiger partial charge in [0.1, 0.15) is 11.5 Å². The van der Waals surface area contributed by atoms with Gasteiger partial charge in [0, 0.05) is 24.2 Å². The molecule has 0 saturated carbocycles. The van der Waals surface area contributed by atoms with Crippen LogP contribution in [0, 0.1) is 0 Å². The van der Waals surface area contributed by atoms with Crippen LogP contribution < -0.4 is 5.73 Å². The molecule has 1 aliphatic rings. The van der Waals surface area contributed by atoms with E-state index in [1.54, 1.807) is 0 Å². The molecule has 2 aromatic rings. The average Bonchev–Trinajstić information content (AvgIpc) is 2.62. The first kappa shape index (κ1) is 11.5. The molecular weight excluding hydrogens is 224 g/mol. The predicted octanol–water partition coefficient (Wildman–Crippen LogP) is 1.57. The molecule has 18 heavy (non-hydrogen) atoms. The molecule has 2 N–H and O–H groups in total. The lowest BCUT2D eigenvalue weighted by atomic mass is 9.91. The SMILES string of the molecule is CN(C)C1CCc2c(c3ccc(N)nc3n2C)C1. The number of hydrogen-bond donors (Lipinski definition) is 1. The maximum Gasteiger partial charge on any atom is 0.142 e. The maximum absolute atomic E-state index is 5.79. The predicted molar refractivity (Wildman–Crippen MR) is 74.6 cm³/mol. The summed E-state index contributed by atoms with van der Waals surface area (Å²) in [5.41, 5.74) is 9.72. The van der Waals surface area contributed by atoms with Crippen LogP contribution in [0.5, 0.6) is 0 Å². The molecule has 4 nitrogen and oxygen atoms in total. The Morgan fingerprint density at radius 1 is 1.39 bits per heavy atom. The second-order valence-corrected chi connectivity index (χ2v) is 5.45. The molecule has 0 fully saturated rings. The zero-order valence-electron chi connectivity index (χ0n) is 11.3. The maximum atomic E-state index is 5.79. The summed E-state index contributed by atoms with van der Waals surface area (Å²) in [5, 5.41) is 1.27. The topological polar surface area (TPSA) is 47.1 Å². The fourth-order valence-corrected chi connectivity index (χ4v) is 3.07. The number of pyridine rings is 1. The van der Waals surface area contributed by atoms with Gasteiger partial charge in [0.2, 0.25) is 0 Å². The lowest BCUT2D eigenvalue weighted by Crippen LogP contribution is -2.33. The Morgan fingerprint density at radius 2 is 2.17 bits per heavy atom. The monoisotopic (exact) mass is 244 g/mol. The molecule has 2 heterocycles. The van der Waals surface area contributed by atoms with Gasteiger partial charge in [-0.3, -0.25) is 0 Å². The first-order valence-electron chi connectivity index (χ1n) is 6.47. The van der Waals surface area contributed by atoms with Gasteiger partial charge in [0.05, 0.1) is 0 Å². The van der Waals surface area contributed by atoms with Gasteiger partial charge in [-0.15, -0.1) is 0 Å². The van der Waals surface area contributed by atoms with Crippen LogP contribution in [-0.4, -0.2) is 34.6 Å². The zero-order chi connectivity index (χ0) is 12.9. The normalized spacial score (nSPS) is 19.4. The fraction of sp³-hybridized carbons (Fsp3) is 0.500. The quantitative estimate of drug-likeness (QED) is 0.828. The van der Waals surface area contributed by atoms with Crippen molar-refractivity contribution in [2.24, 2.45) is 7.05 Å². The highest BCUT2D eigenvalue weighted by Crippen LogP contribution is 2.32. The number of nitrogen functional groups attached to an aromatic ring is 1. The second kappa shape index (κ2) is 3.99. The lowest BCUT2D eigenvalue weighted by Gasteiger charge is -2.28. The summed E-state index contributed by atoms with van der Waals surface area (Å²) >= 11 is 0. The van der Waals surface area contributed by atoms with Crippen LogP contribution >= 0.6 is 0 Å². The van der Waals surface area contributed by atoms with Crippen LogP contribution in [0.25, 0.3) is 11.0 Å². The van der Waals surface area contributed by atoms with Gasteiger partial charge in [-0.05, 0) is 51.1 Å². The van der Waals surface area contributed by atoms with E-state index in [0.717, 1.165) is 18.5 Å². The Labute approximate surface area is 107 Å². The van der Waals surface area contributed by atoms with Crippen molar-refractivity contribution in [1.29, 1.82) is 0 Å². The van der Waals surface area contributed by atoms with E-state index in [-0.39, 0.29) is 0 Å². The highest BCUT2D eigenvalue weighted by atomic mass is 15.1. The van der Waals surface area contributed by atoms with E-state index >= 15 is 0 Å². The standard InChI is InChI=1S/C14H20N4/c1-17(2)9-4-6-12-11(8-9)10-5-7-13(15)16-14(10)18(12)3/h5,7,9H,4,6,8H2,1-3H3,(H2,15,16). The zero-order valence-corrected chi connectivity index (χ0v) is 11.3. The van der Waals surface area contributed by atoms with Gasteiger partial charge in [-0.25, -0.2) is 4.98 Å². The Balaban J connectivity index is 2.16. The van der Waals surface area contributed by atoms with Gasteiger partial charge in [-0.2, -0.15) is 0 Å². The number of anilines is 1. The van der Waals surface area contributed by atoms with Gasteiger partial charge in [0.15, 0.2) is 0 Å². The Hall–Kier alpha value is -1.55. The van der Waals surface area contributed by atoms with E-state index < -0.39 is 0 Å². The molecule has 0 radical (unpaired) electrons. The summed E-state index contributed by atoms with van der Waals surface area (Å²) in [5.74, 6) is 0.601. The van der Waals surface area contributed by atoms with Crippen LogP contribution in [0.1, 0.15) is 17.7 Å². The molecule has 1 unspecified atom stereocenters. The molecule has 0 aliphatic heterocycles. The molecule has 0 amide bonds. The summed E-state index contributed by atoms with van der Waals surface area (Å²) < 4.78 is 2.22. The summed E-state index contributed by atoms with van der Waals surface area (Å²) in [6.45, 7) is 0. The van der Waals surface area contributed by atoms with E-state index in [1.807, 2.05) is 6.07 Å². The molecule has 4 heteroatoms. The Bertz CT molecular complexity index is 597. The number of nitrogens with two attached hydrogens (primary N) is 1. The van der Waals surface area contributed by atoms with E-state index in [9.17, 15) is 0 Å². The summed E-state index contributed by atoms with van der Waals surface area (Å²) in [4.78, 5) is 6.80. The van der Waals surface area contributed by atoms with E-state index in [4.69, 9.17) is 5.73 Å². The van der Waals surface area contributed by atoms with Crippen molar-refractivity contribution in [2.45, 2.75) is 25.3 Å². The second-order valence-electron chi connectivity index (χ2n) is 5.45. The first-order chi connectivity index (χ1) is 8.58. The molecule has 0 saturated heterocycles. The van der Waals surface area contributed by atoms with Gasteiger partial charge in [0.25, 0.3) is 0 Å². The number of rotatable bonds is 1. The van der Waals surface area contributed by atoms with E-state index in [0.29, 0.717) is 11.9 Å². The van der Waals surface area contributed by atoms with Crippen LogP contribution in [0.3, 0.4) is 0 Å². The largest absolute Gasteiger partial charge is 0.384 e. The van der Waals surface area contributed by atoms with E-state index in [1.165, 1.54) is 23.1 Å². The van der Waals surface area contributed by atoms with Gasteiger partial charge < -0.3 is 15.2 Å². The van der Waals surface area contributed by atoms with Crippen molar-refractivity contribution >= 4 is 16.9 Å². The third-order valence-electron chi connectivity index (χ3n) is 4.18. The van der Waals surface area contributed by atoms with Crippen molar-refractivity contribution in [3.05, 3.63) is 23.4 Å². The third-order valence-corrected chi connectivity index (χ3v) is 4.18. The van der Waals surface area contributed by atoms with Crippen molar-refractivity contribution < 1.29 is 0 Å². The Kier molecular flexibility index (Phi) is 2.55. The number of fused-ring (bicyclic) bond motifs is 3. The summed E-state index contributed by atoms with van der Waals surface area (Å²) in [7, 11) is 6.43. The van der Waals surface area contributed by atoms with Gasteiger partial charge >= 0.3 is 0 Å². The first-order valence-corrected chi connectivity index (χ1v) is 6.47. The molecule has 1 aliphatic carbocycles. The summed E-state index contributed by atoms with van der Waals surface area (Å²) in [6.07, 6.45) is 3.47. The van der Waals surface area contributed by atoms with Crippen LogP contribution in [0.15, 0.2) is 12.1 Å². The molecule has 0 aromatic carbocycles. The molecular formula is C14H20N4. The minimum atomic E-state index is 0.601. The smallest absolute Gasteiger partial charge is 0.142 e. The minimum Gasteiger partial charge on any atom is -0.384 e. The molecule has 3 rings (SSSR count). The number of hydrogen-bond acceptors (Lipinski definition) is 3. The number of likely N-dealkylation sites (N-methyl/N-ethyl adjacent to an activating group) is 1. The van der Waals surface area contributed by atoms with Crippen molar-refractivity contribution in [3.8, 4) is 0 Å². The van der Waals surface area contributed by atoms with Crippen LogP contribution in [0.4, 0.5) is 5.82 Å². The van der Waals surface area contributed by atoms with Gasteiger partial charge in [-0.1, -0.05) is 0 Å². The highest BCUT2D eigenvalue weighted by Gasteiger charge is 2.25. The summed E-state index contributed by atoms with van der Waals surface area (Å²) in [6, 6.07) is 4.66. The van der Waals surface area contributed by atoms with Crippen LogP contribution in [-0.2, 0) is 19.9 Å². The fourth-order valence-electron chi connectivity index (χ4n) is 3.07. The number of aromatic nitrogens is 2. The highest BCUT2D eigenvalue weighted by molar-refractivity contribution is 5.84. The van der Waals surface area contributed by atoms with Crippen molar-refractivity contribution in [2.75, 3.05) is 19.8 Å². The van der Waals surface area contributed by atoms with Crippen molar-refractivity contribution in [3.63, 3.8) is 0 Å². The van der Waals surface area contributed by atoms with E-state index in [2.05, 4.69) is 41.7 Å². The number of nitrogens with zero attached hydrogens (tertiary/aromatic N) is 3. The lowest BCUT2D eigenvalue weighted by molar-refractivity contribution is 0.267. The molecule has 0 spiro atoms. The molecule has 1 atom stereocenters. The average molecular weight is 244 g/mol. The molecule has 96 valence electrons. The molecule has 2 aromatic heterocycles.